The molecule has 1 aromatic carbocycles. The van der Waals surface area contributed by atoms with E-state index in [4.69, 9.17) is 9.84 Å². The number of carbonyl (C=O) groups excluding carboxylic acids is 1. The lowest BCUT2D eigenvalue weighted by atomic mass is 10.3. The number of nitrogens with one attached hydrogen (secondary N) is 1. The molecule has 0 bridgehead atoms. The molecule has 17 heavy (non-hydrogen) atoms. The highest BCUT2D eigenvalue weighted by molar-refractivity contribution is 5.78. The van der Waals surface area contributed by atoms with Gasteiger partial charge < -0.3 is 15.2 Å². The van der Waals surface area contributed by atoms with E-state index < -0.39 is 17.7 Å². The highest BCUT2D eigenvalue weighted by Crippen LogP contribution is 2.14. The van der Waals surface area contributed by atoms with Gasteiger partial charge in [-0.05, 0) is 12.1 Å². The predicted molar refractivity (Wildman–Crippen MR) is 57.2 cm³/mol. The van der Waals surface area contributed by atoms with E-state index in [0.29, 0.717) is 0 Å². The first-order chi connectivity index (χ1) is 8.09. The average Bonchev–Trinajstić information content (AvgIpc) is 2.27. The number of carboxylic acids is 1. The van der Waals surface area contributed by atoms with E-state index in [1.54, 1.807) is 6.07 Å². The summed E-state index contributed by atoms with van der Waals surface area (Å²) in [5.41, 5.74) is 0. The molecule has 0 saturated heterocycles. The molecule has 0 heterocycles. The second kappa shape index (κ2) is 6.47. The zero-order valence-electron chi connectivity index (χ0n) is 8.98. The summed E-state index contributed by atoms with van der Waals surface area (Å²) in [7, 11) is 0. The fourth-order valence-corrected chi connectivity index (χ4v) is 1.06. The Kier molecular flexibility index (Phi) is 4.93. The monoisotopic (exact) mass is 241 g/mol. The van der Waals surface area contributed by atoms with Crippen LogP contribution in [0.5, 0.6) is 5.75 Å². The molecule has 1 amide bonds. The lowest BCUT2D eigenvalue weighted by Gasteiger charge is -2.07. The van der Waals surface area contributed by atoms with Crippen LogP contribution in [0.4, 0.5) is 4.39 Å². The molecule has 0 atom stereocenters. The van der Waals surface area contributed by atoms with Crippen molar-refractivity contribution in [3.8, 4) is 5.75 Å². The van der Waals surface area contributed by atoms with E-state index in [-0.39, 0.29) is 25.3 Å². The van der Waals surface area contributed by atoms with Gasteiger partial charge in [0.1, 0.15) is 0 Å². The molecule has 0 aliphatic carbocycles. The fourth-order valence-electron chi connectivity index (χ4n) is 1.06. The number of hydrogen-bond donors (Lipinski definition) is 2. The van der Waals surface area contributed by atoms with Crippen LogP contribution in [0.3, 0.4) is 0 Å². The Morgan fingerprint density at radius 3 is 2.71 bits per heavy atom. The number of carboxylic acid groups (broad SMARTS) is 1. The first kappa shape index (κ1) is 13.0. The molecule has 0 aromatic heterocycles. The Balaban J connectivity index is 2.29. The largest absolute Gasteiger partial charge is 0.481 e. The molecule has 5 nitrogen and oxygen atoms in total. The molecule has 0 fully saturated rings. The van der Waals surface area contributed by atoms with E-state index in [1.807, 2.05) is 0 Å². The number of ether oxygens (including phenoxy) is 1. The molecule has 92 valence electrons. The van der Waals surface area contributed by atoms with Gasteiger partial charge in [0.05, 0.1) is 6.42 Å². The van der Waals surface area contributed by atoms with Gasteiger partial charge in [-0.2, -0.15) is 0 Å². The van der Waals surface area contributed by atoms with Crippen LogP contribution in [0.2, 0.25) is 0 Å². The summed E-state index contributed by atoms with van der Waals surface area (Å²) in [6.07, 6.45) is -0.161. The van der Waals surface area contributed by atoms with Crippen molar-refractivity contribution in [3.63, 3.8) is 0 Å². The van der Waals surface area contributed by atoms with Crippen molar-refractivity contribution < 1.29 is 23.8 Å². The van der Waals surface area contributed by atoms with Gasteiger partial charge in [-0.15, -0.1) is 0 Å². The van der Waals surface area contributed by atoms with Crippen molar-refractivity contribution in [2.24, 2.45) is 0 Å². The first-order valence-corrected chi connectivity index (χ1v) is 4.95. The molecule has 0 spiro atoms. The van der Waals surface area contributed by atoms with Crippen LogP contribution in [-0.4, -0.2) is 30.1 Å². The smallest absolute Gasteiger partial charge is 0.305 e. The van der Waals surface area contributed by atoms with Crippen LogP contribution < -0.4 is 10.1 Å². The maximum absolute atomic E-state index is 13.1. The van der Waals surface area contributed by atoms with E-state index in [0.717, 1.165) is 0 Å². The highest BCUT2D eigenvalue weighted by Gasteiger charge is 2.06. The number of halogens is 1. The average molecular weight is 241 g/mol. The minimum Gasteiger partial charge on any atom is -0.481 e. The number of amides is 1. The number of benzene rings is 1. The minimum atomic E-state index is -1.000. The molecule has 1 aromatic rings. The third-order valence-electron chi connectivity index (χ3n) is 1.86. The van der Waals surface area contributed by atoms with Crippen LogP contribution in [0.1, 0.15) is 6.42 Å². The van der Waals surface area contributed by atoms with Crippen LogP contribution in [0.25, 0.3) is 0 Å². The Morgan fingerprint density at radius 1 is 1.35 bits per heavy atom. The molecule has 0 aliphatic rings. The van der Waals surface area contributed by atoms with Crippen LogP contribution in [0.15, 0.2) is 24.3 Å². The topological polar surface area (TPSA) is 75.6 Å². The van der Waals surface area contributed by atoms with E-state index in [2.05, 4.69) is 5.32 Å². The maximum atomic E-state index is 13.1. The normalized spacial score (nSPS) is 9.71. The Hall–Kier alpha value is -2.11. The molecule has 2 N–H and O–H groups in total. The molecule has 6 heteroatoms. The third-order valence-corrected chi connectivity index (χ3v) is 1.86. The van der Waals surface area contributed by atoms with Crippen molar-refractivity contribution in [3.05, 3.63) is 30.1 Å². The van der Waals surface area contributed by atoms with Gasteiger partial charge in [0.2, 0.25) is 0 Å². The number of para-hydroxylation sites is 1. The molecule has 0 radical (unpaired) electrons. The van der Waals surface area contributed by atoms with Crippen LogP contribution in [-0.2, 0) is 9.59 Å². The minimum absolute atomic E-state index is 0.0131. The van der Waals surface area contributed by atoms with Gasteiger partial charge in [0, 0.05) is 6.54 Å². The first-order valence-electron chi connectivity index (χ1n) is 4.95. The van der Waals surface area contributed by atoms with Gasteiger partial charge in [0.15, 0.2) is 18.2 Å². The lowest BCUT2D eigenvalue weighted by Crippen LogP contribution is -2.30. The number of carbonyl (C=O) groups is 2. The Morgan fingerprint density at radius 2 is 2.06 bits per heavy atom. The molecule has 0 saturated carbocycles. The zero-order valence-corrected chi connectivity index (χ0v) is 8.98. The fraction of sp³-hybridized carbons (Fsp3) is 0.273. The van der Waals surface area contributed by atoms with Crippen LogP contribution in [0, 0.1) is 5.82 Å². The number of hydrogen-bond acceptors (Lipinski definition) is 3. The van der Waals surface area contributed by atoms with Gasteiger partial charge in [-0.25, -0.2) is 4.39 Å². The SMILES string of the molecule is O=C(O)CCNC(=O)COc1ccccc1F. The summed E-state index contributed by atoms with van der Waals surface area (Å²) in [5, 5.41) is 10.7. The maximum Gasteiger partial charge on any atom is 0.305 e. The van der Waals surface area contributed by atoms with Crippen molar-refractivity contribution in [2.45, 2.75) is 6.42 Å². The lowest BCUT2D eigenvalue weighted by molar-refractivity contribution is -0.137. The van der Waals surface area contributed by atoms with Crippen LogP contribution >= 0.6 is 0 Å². The van der Waals surface area contributed by atoms with Crippen molar-refractivity contribution in [1.82, 2.24) is 5.32 Å². The van der Waals surface area contributed by atoms with E-state index in [1.165, 1.54) is 18.2 Å². The van der Waals surface area contributed by atoms with Gasteiger partial charge in [-0.1, -0.05) is 12.1 Å². The van der Waals surface area contributed by atoms with Crippen molar-refractivity contribution >= 4 is 11.9 Å². The summed E-state index contributed by atoms with van der Waals surface area (Å²) >= 11 is 0. The second-order valence-electron chi connectivity index (χ2n) is 3.21. The van der Waals surface area contributed by atoms with Gasteiger partial charge in [-0.3, -0.25) is 9.59 Å². The number of aliphatic carboxylic acids is 1. The zero-order chi connectivity index (χ0) is 12.7. The highest BCUT2D eigenvalue weighted by atomic mass is 19.1. The summed E-state index contributed by atoms with van der Waals surface area (Å²) in [5.74, 6) is -2.05. The standard InChI is InChI=1S/C11H12FNO4/c12-8-3-1-2-4-9(8)17-7-10(14)13-6-5-11(15)16/h1-4H,5-7H2,(H,13,14)(H,15,16). The van der Waals surface area contributed by atoms with Gasteiger partial charge in [0.25, 0.3) is 5.91 Å². The summed E-state index contributed by atoms with van der Waals surface area (Å²) in [6, 6.07) is 5.72. The summed E-state index contributed by atoms with van der Waals surface area (Å²) in [6.45, 7) is -0.324. The quantitative estimate of drug-likeness (QED) is 0.772. The second-order valence-corrected chi connectivity index (χ2v) is 3.21. The molecule has 0 unspecified atom stereocenters. The van der Waals surface area contributed by atoms with Crippen molar-refractivity contribution in [2.75, 3.05) is 13.2 Å². The summed E-state index contributed by atoms with van der Waals surface area (Å²) < 4.78 is 18.0. The Labute approximate surface area is 97.2 Å². The third kappa shape index (κ3) is 4.96. The molecule has 0 aliphatic heterocycles. The summed E-state index contributed by atoms with van der Waals surface area (Å²) in [4.78, 5) is 21.3. The molecular formula is C11H12FNO4. The number of rotatable bonds is 6. The molecule has 1 rings (SSSR count). The van der Waals surface area contributed by atoms with E-state index in [9.17, 15) is 14.0 Å². The van der Waals surface area contributed by atoms with Crippen molar-refractivity contribution in [1.29, 1.82) is 0 Å². The Bertz CT molecular complexity index is 408. The van der Waals surface area contributed by atoms with Gasteiger partial charge >= 0.3 is 5.97 Å². The molecular weight excluding hydrogens is 229 g/mol. The predicted octanol–water partition coefficient (Wildman–Crippen LogP) is 0.795. The van der Waals surface area contributed by atoms with E-state index >= 15 is 0 Å².